The molecular weight excluding hydrogens is 326 g/mol. The van der Waals surface area contributed by atoms with Gasteiger partial charge in [0.1, 0.15) is 11.6 Å². The van der Waals surface area contributed by atoms with Gasteiger partial charge in [-0.2, -0.15) is 4.98 Å². The van der Waals surface area contributed by atoms with Crippen LogP contribution >= 0.6 is 0 Å². The zero-order valence-electron chi connectivity index (χ0n) is 14.8. The third-order valence-electron chi connectivity index (χ3n) is 4.29. The Balaban J connectivity index is 2.43. The van der Waals surface area contributed by atoms with Crippen LogP contribution in [0.25, 0.3) is 10.9 Å². The maximum atomic E-state index is 13.7. The van der Waals surface area contributed by atoms with Crippen LogP contribution < -0.4 is 11.1 Å². The van der Waals surface area contributed by atoms with Crippen LogP contribution in [0.5, 0.6) is 0 Å². The monoisotopic (exact) mass is 350 g/mol. The van der Waals surface area contributed by atoms with Gasteiger partial charge >= 0.3 is 0 Å². The number of nitrogens with two attached hydrogens (primary N) is 1. The number of Topliss-reactive ketones (excluding diaryl/α,β-unsaturated/α-hetero) is 1. The topological polar surface area (TPSA) is 80.9 Å². The molecule has 0 bridgehead atoms. The molecule has 3 N–H and O–H groups in total. The van der Waals surface area contributed by atoms with Crippen molar-refractivity contribution >= 4 is 28.5 Å². The molecule has 1 atom stereocenters. The van der Waals surface area contributed by atoms with Crippen molar-refractivity contribution in [3.63, 3.8) is 0 Å². The van der Waals surface area contributed by atoms with Gasteiger partial charge in [-0.3, -0.25) is 0 Å². The largest absolute Gasteiger partial charge is 0.368 e. The highest BCUT2D eigenvalue weighted by Crippen LogP contribution is 2.30. The van der Waals surface area contributed by atoms with E-state index in [0.29, 0.717) is 24.0 Å². The number of nitrogens with one attached hydrogen (secondary N) is 1. The number of nitrogen functional groups attached to an aromatic ring is 1. The van der Waals surface area contributed by atoms with Gasteiger partial charge in [0.15, 0.2) is 11.6 Å². The molecule has 2 aromatic rings. The summed E-state index contributed by atoms with van der Waals surface area (Å²) in [6.07, 6.45) is 3.81. The molecule has 0 saturated carbocycles. The van der Waals surface area contributed by atoms with Crippen LogP contribution in [-0.4, -0.2) is 21.3 Å². The van der Waals surface area contributed by atoms with Crippen LogP contribution in [-0.2, 0) is 4.79 Å². The highest BCUT2D eigenvalue weighted by atomic mass is 19.2. The maximum absolute atomic E-state index is 13.7. The van der Waals surface area contributed by atoms with Gasteiger partial charge in [-0.05, 0) is 32.8 Å². The van der Waals surface area contributed by atoms with E-state index >= 15 is 0 Å². The number of rotatable bonds is 8. The molecule has 0 unspecified atom stereocenters. The molecule has 0 saturated heterocycles. The molecule has 1 aromatic carbocycles. The second kappa shape index (κ2) is 7.72. The summed E-state index contributed by atoms with van der Waals surface area (Å²) in [7, 11) is 0. The highest BCUT2D eigenvalue weighted by molar-refractivity contribution is 5.90. The number of halogens is 2. The quantitative estimate of drug-likeness (QED) is 0.745. The van der Waals surface area contributed by atoms with E-state index in [-0.39, 0.29) is 17.2 Å². The van der Waals surface area contributed by atoms with Crippen LogP contribution in [0.2, 0.25) is 0 Å². The fourth-order valence-corrected chi connectivity index (χ4v) is 2.79. The van der Waals surface area contributed by atoms with Gasteiger partial charge in [-0.25, -0.2) is 13.8 Å². The number of fused-ring (bicyclic) bond motifs is 1. The van der Waals surface area contributed by atoms with Gasteiger partial charge in [0, 0.05) is 23.4 Å². The number of nitrogens with zero attached hydrogens (tertiary/aromatic N) is 2. The van der Waals surface area contributed by atoms with E-state index in [9.17, 15) is 13.6 Å². The molecule has 0 aliphatic heterocycles. The van der Waals surface area contributed by atoms with Crippen LogP contribution in [0.15, 0.2) is 12.1 Å². The lowest BCUT2D eigenvalue weighted by molar-refractivity contribution is -0.117. The molecule has 5 nitrogen and oxygen atoms in total. The average Bonchev–Trinajstić information content (AvgIpc) is 2.53. The Kier molecular flexibility index (Phi) is 5.87. The third kappa shape index (κ3) is 4.84. The zero-order chi connectivity index (χ0) is 18.6. The summed E-state index contributed by atoms with van der Waals surface area (Å²) in [5.41, 5.74) is 5.54. The summed E-state index contributed by atoms with van der Waals surface area (Å²) in [5, 5.41) is 3.66. The Labute approximate surface area is 146 Å². The number of ketones is 1. The molecule has 25 heavy (non-hydrogen) atoms. The van der Waals surface area contributed by atoms with E-state index in [0.717, 1.165) is 31.4 Å². The van der Waals surface area contributed by atoms with Gasteiger partial charge in [-0.15, -0.1) is 0 Å². The third-order valence-corrected chi connectivity index (χ3v) is 4.29. The number of anilines is 2. The van der Waals surface area contributed by atoms with Crippen molar-refractivity contribution in [3.05, 3.63) is 23.8 Å². The van der Waals surface area contributed by atoms with Crippen molar-refractivity contribution in [1.29, 1.82) is 0 Å². The van der Waals surface area contributed by atoms with E-state index in [4.69, 9.17) is 5.73 Å². The predicted molar refractivity (Wildman–Crippen MR) is 95.3 cm³/mol. The summed E-state index contributed by atoms with van der Waals surface area (Å²) < 4.78 is 27.2. The van der Waals surface area contributed by atoms with Crippen LogP contribution in [0.1, 0.15) is 52.9 Å². The number of aromatic nitrogens is 2. The number of hydrogen-bond acceptors (Lipinski definition) is 5. The Morgan fingerprint density at radius 1 is 1.24 bits per heavy atom. The Bertz CT molecular complexity index is 781. The standard InChI is InChI=1S/C18H24F2N4O/c1-4-5-7-18(3,8-6-11(2)25)24-16-12-9-13(19)14(20)10-15(12)22-17(21)23-16/h9-10H,4-8H2,1-3H3,(H3,21,22,23,24)/t18-/m1/s1. The molecule has 136 valence electrons. The molecule has 0 spiro atoms. The van der Waals surface area contributed by atoms with Crippen LogP contribution in [0.4, 0.5) is 20.5 Å². The normalized spacial score (nSPS) is 13.6. The lowest BCUT2D eigenvalue weighted by atomic mass is 9.88. The molecule has 0 amide bonds. The van der Waals surface area contributed by atoms with Crippen molar-refractivity contribution in [1.82, 2.24) is 9.97 Å². The first-order chi connectivity index (χ1) is 11.7. The smallest absolute Gasteiger partial charge is 0.222 e. The van der Waals surface area contributed by atoms with Crippen LogP contribution in [0, 0.1) is 11.6 Å². The number of carbonyl (C=O) groups excluding carboxylic acids is 1. The minimum atomic E-state index is -0.984. The van der Waals surface area contributed by atoms with Crippen molar-refractivity contribution in [2.45, 2.75) is 58.4 Å². The SMILES string of the molecule is CCCC[C@](C)(CCC(C)=O)Nc1nc(N)nc2cc(F)c(F)cc12. The molecule has 1 heterocycles. The lowest BCUT2D eigenvalue weighted by Crippen LogP contribution is -2.36. The van der Waals surface area contributed by atoms with Crippen molar-refractivity contribution in [2.75, 3.05) is 11.1 Å². The second-order valence-electron chi connectivity index (χ2n) is 6.71. The Morgan fingerprint density at radius 3 is 2.56 bits per heavy atom. The summed E-state index contributed by atoms with van der Waals surface area (Å²) >= 11 is 0. The summed E-state index contributed by atoms with van der Waals surface area (Å²) in [6, 6.07) is 2.07. The van der Waals surface area contributed by atoms with Crippen LogP contribution in [0.3, 0.4) is 0 Å². The number of benzene rings is 1. The van der Waals surface area contributed by atoms with Gasteiger partial charge in [0.05, 0.1) is 5.52 Å². The van der Waals surface area contributed by atoms with Crippen molar-refractivity contribution < 1.29 is 13.6 Å². The average molecular weight is 350 g/mol. The molecule has 2 rings (SSSR count). The first-order valence-electron chi connectivity index (χ1n) is 8.44. The molecule has 0 aliphatic carbocycles. The number of hydrogen-bond donors (Lipinski definition) is 2. The first-order valence-corrected chi connectivity index (χ1v) is 8.44. The van der Waals surface area contributed by atoms with E-state index in [2.05, 4.69) is 22.2 Å². The highest BCUT2D eigenvalue weighted by Gasteiger charge is 2.26. The minimum absolute atomic E-state index is 0.0228. The molecule has 7 heteroatoms. The molecule has 1 aromatic heterocycles. The minimum Gasteiger partial charge on any atom is -0.368 e. The number of unbranched alkanes of at least 4 members (excludes halogenated alkanes) is 1. The first kappa shape index (κ1) is 19.0. The van der Waals surface area contributed by atoms with Gasteiger partial charge < -0.3 is 15.8 Å². The summed E-state index contributed by atoms with van der Waals surface area (Å²) in [4.78, 5) is 19.5. The van der Waals surface area contributed by atoms with Gasteiger partial charge in [0.2, 0.25) is 5.95 Å². The van der Waals surface area contributed by atoms with Gasteiger partial charge in [-0.1, -0.05) is 19.8 Å². The lowest BCUT2D eigenvalue weighted by Gasteiger charge is -2.32. The Hall–Kier alpha value is -2.31. The molecule has 0 fully saturated rings. The summed E-state index contributed by atoms with van der Waals surface area (Å²) in [6.45, 7) is 5.63. The predicted octanol–water partition coefficient (Wildman–Crippen LogP) is 4.22. The Morgan fingerprint density at radius 2 is 1.92 bits per heavy atom. The van der Waals surface area contributed by atoms with E-state index in [1.165, 1.54) is 0 Å². The molecular formula is C18H24F2N4O. The zero-order valence-corrected chi connectivity index (χ0v) is 14.8. The maximum Gasteiger partial charge on any atom is 0.222 e. The number of carbonyl (C=O) groups is 1. The van der Waals surface area contributed by atoms with E-state index in [1.54, 1.807) is 6.92 Å². The molecule has 0 radical (unpaired) electrons. The van der Waals surface area contributed by atoms with E-state index in [1.807, 2.05) is 6.92 Å². The molecule has 0 aliphatic rings. The van der Waals surface area contributed by atoms with Gasteiger partial charge in [0.25, 0.3) is 0 Å². The fourth-order valence-electron chi connectivity index (χ4n) is 2.79. The van der Waals surface area contributed by atoms with Crippen molar-refractivity contribution in [2.24, 2.45) is 0 Å². The van der Waals surface area contributed by atoms with Crippen molar-refractivity contribution in [3.8, 4) is 0 Å². The summed E-state index contributed by atoms with van der Waals surface area (Å²) in [5.74, 6) is -1.52. The fraction of sp³-hybridized carbons (Fsp3) is 0.500. The van der Waals surface area contributed by atoms with E-state index < -0.39 is 17.2 Å². The second-order valence-corrected chi connectivity index (χ2v) is 6.71.